The molecule has 0 aromatic heterocycles. The van der Waals surface area contributed by atoms with Gasteiger partial charge in [0, 0.05) is 26.7 Å². The lowest BCUT2D eigenvalue weighted by Gasteiger charge is -2.05. The molecule has 180 valence electrons. The van der Waals surface area contributed by atoms with Gasteiger partial charge in [0.25, 0.3) is 0 Å². The SMILES string of the molecule is CC(=O)OCC(O)CO.CC(=O)OCC(O)CO.CCCC(=O)O.CCCC(=O)O. The fourth-order valence-electron chi connectivity index (χ4n) is 0.960. The number of hydrogen-bond acceptors (Lipinski definition) is 10. The Hall–Kier alpha value is -2.28. The van der Waals surface area contributed by atoms with Crippen molar-refractivity contribution >= 4 is 23.9 Å². The third-order valence-electron chi connectivity index (χ3n) is 2.31. The van der Waals surface area contributed by atoms with Crippen LogP contribution in [0.1, 0.15) is 53.4 Å². The highest BCUT2D eigenvalue weighted by molar-refractivity contribution is 5.67. The van der Waals surface area contributed by atoms with Gasteiger partial charge in [-0.25, -0.2) is 0 Å². The number of rotatable bonds is 10. The van der Waals surface area contributed by atoms with Gasteiger partial charge in [-0.2, -0.15) is 0 Å². The maximum absolute atomic E-state index is 10.0. The van der Waals surface area contributed by atoms with E-state index >= 15 is 0 Å². The van der Waals surface area contributed by atoms with Crippen LogP contribution >= 0.6 is 0 Å². The molecule has 0 amide bonds. The van der Waals surface area contributed by atoms with E-state index in [1.807, 2.05) is 13.8 Å². The Morgan fingerprint density at radius 2 is 0.967 bits per heavy atom. The summed E-state index contributed by atoms with van der Waals surface area (Å²) in [6, 6.07) is 0. The van der Waals surface area contributed by atoms with E-state index in [1.54, 1.807) is 0 Å². The molecule has 0 aliphatic carbocycles. The van der Waals surface area contributed by atoms with Crippen molar-refractivity contribution in [2.24, 2.45) is 0 Å². The van der Waals surface area contributed by atoms with E-state index in [0.717, 1.165) is 12.8 Å². The Labute approximate surface area is 176 Å². The van der Waals surface area contributed by atoms with Gasteiger partial charge in [-0.1, -0.05) is 13.8 Å². The summed E-state index contributed by atoms with van der Waals surface area (Å²) in [6.45, 7) is 5.13. The summed E-state index contributed by atoms with van der Waals surface area (Å²) in [6.07, 6.45) is 0.146. The second kappa shape index (κ2) is 26.7. The minimum absolute atomic E-state index is 0.133. The van der Waals surface area contributed by atoms with Crippen molar-refractivity contribution in [1.29, 1.82) is 0 Å². The number of esters is 2. The zero-order valence-corrected chi connectivity index (χ0v) is 17.9. The molecule has 0 bridgehead atoms. The first-order valence-electron chi connectivity index (χ1n) is 9.15. The van der Waals surface area contributed by atoms with Gasteiger partial charge in [-0.15, -0.1) is 0 Å². The second-order valence-corrected chi connectivity index (χ2v) is 5.57. The molecule has 0 fully saturated rings. The molecule has 0 saturated heterocycles. The lowest BCUT2D eigenvalue weighted by Crippen LogP contribution is -2.20. The molecule has 0 radical (unpaired) electrons. The first kappa shape index (κ1) is 35.2. The Morgan fingerprint density at radius 1 is 0.700 bits per heavy atom. The third-order valence-corrected chi connectivity index (χ3v) is 2.31. The quantitative estimate of drug-likeness (QED) is 0.237. The number of carboxylic acids is 2. The molecule has 0 aliphatic heterocycles. The summed E-state index contributed by atoms with van der Waals surface area (Å²) in [5, 5.41) is 49.4. The van der Waals surface area contributed by atoms with Gasteiger partial charge in [0.2, 0.25) is 0 Å². The van der Waals surface area contributed by atoms with Gasteiger partial charge in [0.05, 0.1) is 13.2 Å². The van der Waals surface area contributed by atoms with Crippen molar-refractivity contribution in [1.82, 2.24) is 0 Å². The summed E-state index contributed by atoms with van der Waals surface area (Å²) in [5.41, 5.74) is 0. The molecule has 0 heterocycles. The van der Waals surface area contributed by atoms with Crippen LogP contribution < -0.4 is 0 Å². The number of carbonyl (C=O) groups is 4. The van der Waals surface area contributed by atoms with Crippen molar-refractivity contribution < 1.29 is 59.3 Å². The number of carbonyl (C=O) groups excluding carboxylic acids is 2. The Morgan fingerprint density at radius 3 is 1.07 bits per heavy atom. The number of carboxylic acid groups (broad SMARTS) is 2. The van der Waals surface area contributed by atoms with Crippen molar-refractivity contribution in [3.05, 3.63) is 0 Å². The Balaban J connectivity index is -0.000000153. The smallest absolute Gasteiger partial charge is 0.303 e. The van der Waals surface area contributed by atoms with Gasteiger partial charge < -0.3 is 40.1 Å². The number of ether oxygens (including phenoxy) is 2. The van der Waals surface area contributed by atoms with Crippen LogP contribution in [0, 0.1) is 0 Å². The monoisotopic (exact) mass is 444 g/mol. The van der Waals surface area contributed by atoms with Crippen LogP contribution in [0.4, 0.5) is 0 Å². The van der Waals surface area contributed by atoms with Crippen LogP contribution in [0.25, 0.3) is 0 Å². The number of aliphatic hydroxyl groups excluding tert-OH is 4. The summed E-state index contributed by atoms with van der Waals surface area (Å²) < 4.78 is 8.69. The molecular formula is C18H36O12. The van der Waals surface area contributed by atoms with E-state index in [4.69, 9.17) is 30.6 Å². The van der Waals surface area contributed by atoms with E-state index in [9.17, 15) is 19.2 Å². The van der Waals surface area contributed by atoms with Crippen LogP contribution in [0.15, 0.2) is 0 Å². The summed E-state index contributed by atoms with van der Waals surface area (Å²) in [4.78, 5) is 39.3. The molecule has 0 rings (SSSR count). The minimum Gasteiger partial charge on any atom is -0.481 e. The van der Waals surface area contributed by atoms with Gasteiger partial charge >= 0.3 is 23.9 Å². The topological polar surface area (TPSA) is 208 Å². The molecule has 0 spiro atoms. The zero-order chi connectivity index (χ0) is 24.5. The summed E-state index contributed by atoms with van der Waals surface area (Å²) >= 11 is 0. The molecule has 2 unspecified atom stereocenters. The average Bonchev–Trinajstić information content (AvgIpc) is 2.65. The lowest BCUT2D eigenvalue weighted by atomic mass is 10.4. The molecule has 12 nitrogen and oxygen atoms in total. The normalized spacial score (nSPS) is 10.9. The molecule has 0 saturated carbocycles. The van der Waals surface area contributed by atoms with Crippen LogP contribution in [0.2, 0.25) is 0 Å². The van der Waals surface area contributed by atoms with Gasteiger partial charge in [-0.05, 0) is 12.8 Å². The Bertz CT molecular complexity index is 399. The van der Waals surface area contributed by atoms with Gasteiger partial charge in [-0.3, -0.25) is 19.2 Å². The van der Waals surface area contributed by atoms with Crippen LogP contribution in [0.3, 0.4) is 0 Å². The van der Waals surface area contributed by atoms with Crippen molar-refractivity contribution in [2.75, 3.05) is 26.4 Å². The van der Waals surface area contributed by atoms with Crippen molar-refractivity contribution in [2.45, 2.75) is 65.6 Å². The average molecular weight is 444 g/mol. The van der Waals surface area contributed by atoms with E-state index in [-0.39, 0.29) is 26.4 Å². The summed E-state index contributed by atoms with van der Waals surface area (Å²) in [5.74, 6) is -2.33. The highest BCUT2D eigenvalue weighted by Gasteiger charge is 2.02. The molecule has 6 N–H and O–H groups in total. The molecule has 0 aliphatic rings. The standard InChI is InChI=1S/2C5H10O4.2C4H8O2/c2*1-4(7)9-3-5(8)2-6;2*1-2-3-4(5)6/h2*5-6,8H,2-3H2,1H3;2*2-3H2,1H3,(H,5,6). The van der Waals surface area contributed by atoms with E-state index < -0.39 is 36.1 Å². The maximum atomic E-state index is 10.0. The fourth-order valence-corrected chi connectivity index (χ4v) is 0.960. The van der Waals surface area contributed by atoms with Crippen LogP contribution in [-0.4, -0.2) is 93.2 Å². The van der Waals surface area contributed by atoms with E-state index in [0.29, 0.717) is 12.8 Å². The lowest BCUT2D eigenvalue weighted by molar-refractivity contribution is -0.145. The second-order valence-electron chi connectivity index (χ2n) is 5.57. The first-order chi connectivity index (χ1) is 13.9. The van der Waals surface area contributed by atoms with Gasteiger partial charge in [0.15, 0.2) is 0 Å². The number of aliphatic carboxylic acids is 2. The van der Waals surface area contributed by atoms with Crippen molar-refractivity contribution in [3.63, 3.8) is 0 Å². The molecule has 30 heavy (non-hydrogen) atoms. The third kappa shape index (κ3) is 50.1. The highest BCUT2D eigenvalue weighted by Crippen LogP contribution is 1.84. The molecule has 0 aromatic rings. The van der Waals surface area contributed by atoms with Crippen LogP contribution in [0.5, 0.6) is 0 Å². The Kier molecular flexibility index (Phi) is 31.3. The molecule has 0 aromatic carbocycles. The van der Waals surface area contributed by atoms with E-state index in [1.165, 1.54) is 13.8 Å². The van der Waals surface area contributed by atoms with Crippen molar-refractivity contribution in [3.8, 4) is 0 Å². The fraction of sp³-hybridized carbons (Fsp3) is 0.778. The van der Waals surface area contributed by atoms with Crippen LogP contribution in [-0.2, 0) is 28.7 Å². The van der Waals surface area contributed by atoms with E-state index in [2.05, 4.69) is 9.47 Å². The maximum Gasteiger partial charge on any atom is 0.303 e. The number of hydrogen-bond donors (Lipinski definition) is 6. The zero-order valence-electron chi connectivity index (χ0n) is 17.9. The molecule has 12 heteroatoms. The molecular weight excluding hydrogens is 408 g/mol. The number of aliphatic hydroxyl groups is 4. The minimum atomic E-state index is -0.950. The first-order valence-corrected chi connectivity index (χ1v) is 9.15. The molecule has 2 atom stereocenters. The predicted molar refractivity (Wildman–Crippen MR) is 105 cm³/mol. The summed E-state index contributed by atoms with van der Waals surface area (Å²) in [7, 11) is 0. The highest BCUT2D eigenvalue weighted by atomic mass is 16.5. The predicted octanol–water partition coefficient (Wildman–Crippen LogP) is -0.452. The van der Waals surface area contributed by atoms with Gasteiger partial charge in [0.1, 0.15) is 25.4 Å². The largest absolute Gasteiger partial charge is 0.481 e.